The zero-order valence-corrected chi connectivity index (χ0v) is 17.7. The molecule has 8 nitrogen and oxygen atoms in total. The van der Waals surface area contributed by atoms with E-state index in [9.17, 15) is 0 Å². The molecule has 0 radical (unpaired) electrons. The Balaban J connectivity index is 1.36. The Morgan fingerprint density at radius 1 is 1.10 bits per heavy atom. The molecule has 4 aromatic rings. The molecule has 0 bridgehead atoms. The number of rotatable bonds is 3. The van der Waals surface area contributed by atoms with Crippen LogP contribution in [0.3, 0.4) is 0 Å². The summed E-state index contributed by atoms with van der Waals surface area (Å²) in [6.07, 6.45) is 9.70. The molecule has 1 spiro atoms. The highest BCUT2D eigenvalue weighted by Crippen LogP contribution is 2.44. The number of anilines is 1. The van der Waals surface area contributed by atoms with Crippen LogP contribution in [0.1, 0.15) is 25.3 Å². The zero-order chi connectivity index (χ0) is 21.0. The van der Waals surface area contributed by atoms with E-state index >= 15 is 0 Å². The first-order valence-electron chi connectivity index (χ1n) is 10.8. The minimum absolute atomic E-state index is 0.0445. The topological polar surface area (TPSA) is 77.0 Å². The maximum absolute atomic E-state index is 4.98. The van der Waals surface area contributed by atoms with Gasteiger partial charge >= 0.3 is 0 Å². The van der Waals surface area contributed by atoms with Crippen LogP contribution in [0.25, 0.3) is 22.6 Å². The maximum Gasteiger partial charge on any atom is 0.165 e. The van der Waals surface area contributed by atoms with Crippen LogP contribution in [0.5, 0.6) is 0 Å². The number of aryl methyl sites for hydroxylation is 2. The number of hydrogen-bond acceptors (Lipinski definition) is 6. The number of fused-ring (bicyclic) bond motifs is 3. The first-order chi connectivity index (χ1) is 15.2. The van der Waals surface area contributed by atoms with Gasteiger partial charge < -0.3 is 9.47 Å². The SMILES string of the molecule is CCn1c(-c2cnn(C)c2)nc2c(N3CCC4(C=Nc5ccccc54)CC3)ncnc21. The Labute approximate surface area is 180 Å². The Hall–Kier alpha value is -3.55. The molecule has 8 heteroatoms. The highest BCUT2D eigenvalue weighted by molar-refractivity contribution is 5.88. The minimum Gasteiger partial charge on any atom is -0.355 e. The Morgan fingerprint density at radius 2 is 1.94 bits per heavy atom. The largest absolute Gasteiger partial charge is 0.355 e. The van der Waals surface area contributed by atoms with Crippen LogP contribution in [-0.2, 0) is 19.0 Å². The average molecular weight is 413 g/mol. The van der Waals surface area contributed by atoms with Gasteiger partial charge in [-0.3, -0.25) is 9.67 Å². The van der Waals surface area contributed by atoms with E-state index in [2.05, 4.69) is 61.9 Å². The maximum atomic E-state index is 4.98. The highest BCUT2D eigenvalue weighted by Gasteiger charge is 2.40. The predicted molar refractivity (Wildman–Crippen MR) is 121 cm³/mol. The van der Waals surface area contributed by atoms with E-state index in [1.54, 1.807) is 11.0 Å². The fraction of sp³-hybridized carbons (Fsp3) is 0.348. The van der Waals surface area contributed by atoms with E-state index in [1.165, 1.54) is 5.56 Å². The molecule has 0 atom stereocenters. The molecular formula is C23H24N8. The van der Waals surface area contributed by atoms with E-state index in [-0.39, 0.29) is 5.41 Å². The Kier molecular flexibility index (Phi) is 3.96. The third-order valence-corrected chi connectivity index (χ3v) is 6.64. The molecule has 0 aliphatic carbocycles. The molecular weight excluding hydrogens is 388 g/mol. The Morgan fingerprint density at radius 3 is 2.71 bits per heavy atom. The van der Waals surface area contributed by atoms with Gasteiger partial charge in [0.25, 0.3) is 0 Å². The van der Waals surface area contributed by atoms with Crippen LogP contribution in [-0.4, -0.2) is 48.6 Å². The lowest BCUT2D eigenvalue weighted by Crippen LogP contribution is -2.43. The third kappa shape index (κ3) is 2.71. The first-order valence-corrected chi connectivity index (χ1v) is 10.8. The number of hydrogen-bond donors (Lipinski definition) is 0. The summed E-state index contributed by atoms with van der Waals surface area (Å²) < 4.78 is 3.94. The van der Waals surface area contributed by atoms with Crippen LogP contribution >= 0.6 is 0 Å². The number of nitrogens with zero attached hydrogens (tertiary/aromatic N) is 8. The Bertz CT molecular complexity index is 1310. The molecule has 31 heavy (non-hydrogen) atoms. The van der Waals surface area contributed by atoms with Crippen molar-refractivity contribution in [2.75, 3.05) is 18.0 Å². The fourth-order valence-corrected chi connectivity index (χ4v) is 5.00. The summed E-state index contributed by atoms with van der Waals surface area (Å²) in [5.74, 6) is 1.80. The van der Waals surface area contributed by atoms with Gasteiger partial charge in [0.05, 0.1) is 17.4 Å². The van der Waals surface area contributed by atoms with Crippen molar-refractivity contribution in [3.63, 3.8) is 0 Å². The van der Waals surface area contributed by atoms with Crippen molar-refractivity contribution < 1.29 is 0 Å². The van der Waals surface area contributed by atoms with Crippen LogP contribution in [0, 0.1) is 0 Å². The number of aromatic nitrogens is 6. The molecule has 2 aliphatic rings. The number of para-hydroxylation sites is 1. The van der Waals surface area contributed by atoms with E-state index in [0.29, 0.717) is 0 Å². The van der Waals surface area contributed by atoms with Gasteiger partial charge in [-0.15, -0.1) is 0 Å². The molecule has 5 heterocycles. The zero-order valence-electron chi connectivity index (χ0n) is 17.7. The smallest absolute Gasteiger partial charge is 0.165 e. The second-order valence-corrected chi connectivity index (χ2v) is 8.37. The third-order valence-electron chi connectivity index (χ3n) is 6.64. The normalized spacial score (nSPS) is 17.0. The van der Waals surface area contributed by atoms with Gasteiger partial charge in [-0.2, -0.15) is 5.10 Å². The molecule has 2 aliphatic heterocycles. The van der Waals surface area contributed by atoms with Gasteiger partial charge in [0, 0.05) is 44.5 Å². The van der Waals surface area contributed by atoms with Crippen LogP contribution in [0.4, 0.5) is 11.5 Å². The second kappa shape index (κ2) is 6.73. The minimum atomic E-state index is 0.0445. The first kappa shape index (κ1) is 18.2. The molecule has 156 valence electrons. The molecule has 6 rings (SSSR count). The monoisotopic (exact) mass is 412 g/mol. The molecule has 0 saturated carbocycles. The van der Waals surface area contributed by atoms with Crippen LogP contribution < -0.4 is 4.90 Å². The summed E-state index contributed by atoms with van der Waals surface area (Å²) in [4.78, 5) is 21.3. The van der Waals surface area contributed by atoms with Gasteiger partial charge in [-0.1, -0.05) is 18.2 Å². The van der Waals surface area contributed by atoms with Crippen LogP contribution in [0.2, 0.25) is 0 Å². The summed E-state index contributed by atoms with van der Waals surface area (Å²) in [6, 6.07) is 8.51. The fourth-order valence-electron chi connectivity index (χ4n) is 5.00. The molecule has 0 unspecified atom stereocenters. The quantitative estimate of drug-likeness (QED) is 0.515. The van der Waals surface area contributed by atoms with E-state index < -0.39 is 0 Å². The van der Waals surface area contributed by atoms with Crippen molar-refractivity contribution in [1.29, 1.82) is 0 Å². The van der Waals surface area contributed by atoms with Crippen molar-refractivity contribution in [3.8, 4) is 11.4 Å². The summed E-state index contributed by atoms with van der Waals surface area (Å²) >= 11 is 0. The van der Waals surface area contributed by atoms with Crippen molar-refractivity contribution in [2.45, 2.75) is 31.7 Å². The predicted octanol–water partition coefficient (Wildman–Crippen LogP) is 3.50. The molecule has 1 aromatic carbocycles. The van der Waals surface area contributed by atoms with Crippen molar-refractivity contribution >= 4 is 28.9 Å². The van der Waals surface area contributed by atoms with Crippen molar-refractivity contribution in [2.24, 2.45) is 12.0 Å². The molecule has 3 aromatic heterocycles. The molecule has 1 fully saturated rings. The van der Waals surface area contributed by atoms with Gasteiger partial charge in [-0.05, 0) is 31.4 Å². The van der Waals surface area contributed by atoms with E-state index in [1.807, 2.05) is 19.4 Å². The number of aliphatic imine (C=N–C) groups is 1. The molecule has 0 N–H and O–H groups in total. The lowest BCUT2D eigenvalue weighted by molar-refractivity contribution is 0.444. The van der Waals surface area contributed by atoms with Gasteiger partial charge in [-0.25, -0.2) is 15.0 Å². The lowest BCUT2D eigenvalue weighted by atomic mass is 9.74. The van der Waals surface area contributed by atoms with Crippen molar-refractivity contribution in [1.82, 2.24) is 29.3 Å². The standard InChI is InChI=1S/C23H24N8/c1-3-31-20(16-12-27-29(2)13-16)28-19-21(25-15-26-22(19)31)30-10-8-23(9-11-30)14-24-18-7-5-4-6-17(18)23/h4-7,12-15H,3,8-11H2,1-2H3. The van der Waals surface area contributed by atoms with Crippen LogP contribution in [0.15, 0.2) is 48.0 Å². The summed E-state index contributed by atoms with van der Waals surface area (Å²) in [5, 5.41) is 4.31. The van der Waals surface area contributed by atoms with Gasteiger partial charge in [0.2, 0.25) is 0 Å². The molecule has 0 amide bonds. The summed E-state index contributed by atoms with van der Waals surface area (Å²) in [7, 11) is 1.92. The van der Waals surface area contributed by atoms with Gasteiger partial charge in [0.1, 0.15) is 12.2 Å². The van der Waals surface area contributed by atoms with Gasteiger partial charge in [0.15, 0.2) is 17.0 Å². The number of piperidine rings is 1. The highest BCUT2D eigenvalue weighted by atomic mass is 15.3. The van der Waals surface area contributed by atoms with Crippen molar-refractivity contribution in [3.05, 3.63) is 48.5 Å². The number of imidazole rings is 1. The molecule has 1 saturated heterocycles. The second-order valence-electron chi connectivity index (χ2n) is 8.37. The van der Waals surface area contributed by atoms with E-state index in [4.69, 9.17) is 9.98 Å². The number of benzene rings is 1. The lowest BCUT2D eigenvalue weighted by Gasteiger charge is -2.38. The summed E-state index contributed by atoms with van der Waals surface area (Å²) in [6.45, 7) is 4.72. The summed E-state index contributed by atoms with van der Waals surface area (Å²) in [5.41, 5.74) is 5.24. The average Bonchev–Trinajstić information content (AvgIpc) is 3.50. The van der Waals surface area contributed by atoms with E-state index in [0.717, 1.165) is 66.5 Å².